The lowest BCUT2D eigenvalue weighted by molar-refractivity contribution is -0.140. The molecule has 0 heterocycles. The fraction of sp³-hybridized carbons (Fsp3) is 0.333. The van der Waals surface area contributed by atoms with Gasteiger partial charge in [0.1, 0.15) is 24.1 Å². The van der Waals surface area contributed by atoms with E-state index >= 15 is 0 Å². The first kappa shape index (κ1) is 20.3. The number of rotatable bonds is 8. The Labute approximate surface area is 158 Å². The highest BCUT2D eigenvalue weighted by Gasteiger charge is 2.25. The maximum absolute atomic E-state index is 12.3. The Morgan fingerprint density at radius 1 is 1.15 bits per heavy atom. The predicted octanol–water partition coefficient (Wildman–Crippen LogP) is 3.51. The molecule has 2 atom stereocenters. The first-order chi connectivity index (χ1) is 12.8. The lowest BCUT2D eigenvalue weighted by atomic mass is 9.99. The van der Waals surface area contributed by atoms with Gasteiger partial charge in [-0.3, -0.25) is 4.79 Å². The zero-order valence-corrected chi connectivity index (χ0v) is 15.7. The molecule has 2 rings (SSSR count). The van der Waals surface area contributed by atoms with E-state index in [0.717, 1.165) is 5.56 Å². The minimum Gasteiger partial charge on any atom is -0.508 e. The highest BCUT2D eigenvalue weighted by molar-refractivity contribution is 5.96. The molecule has 0 radical (unpaired) electrons. The van der Waals surface area contributed by atoms with Crippen LogP contribution in [0.25, 0.3) is 0 Å². The molecule has 2 aromatic rings. The molecule has 144 valence electrons. The van der Waals surface area contributed by atoms with Crippen LogP contribution in [0.5, 0.6) is 11.5 Å². The summed E-state index contributed by atoms with van der Waals surface area (Å²) >= 11 is 0. The second-order valence-corrected chi connectivity index (χ2v) is 6.56. The van der Waals surface area contributed by atoms with E-state index < -0.39 is 17.9 Å². The van der Waals surface area contributed by atoms with Crippen molar-refractivity contribution in [3.63, 3.8) is 0 Å². The van der Waals surface area contributed by atoms with E-state index in [0.29, 0.717) is 23.3 Å². The number of aliphatic carboxylic acids is 1. The molecule has 0 aliphatic heterocycles. The summed E-state index contributed by atoms with van der Waals surface area (Å²) < 4.78 is 5.71. The van der Waals surface area contributed by atoms with Crippen molar-refractivity contribution in [2.45, 2.75) is 39.8 Å². The fourth-order valence-corrected chi connectivity index (χ4v) is 2.58. The van der Waals surface area contributed by atoms with E-state index in [9.17, 15) is 19.8 Å². The van der Waals surface area contributed by atoms with Crippen molar-refractivity contribution < 1.29 is 24.5 Å². The van der Waals surface area contributed by atoms with Gasteiger partial charge in [0.2, 0.25) is 0 Å². The van der Waals surface area contributed by atoms with Crippen molar-refractivity contribution in [2.24, 2.45) is 5.92 Å². The van der Waals surface area contributed by atoms with E-state index in [2.05, 4.69) is 5.32 Å². The summed E-state index contributed by atoms with van der Waals surface area (Å²) in [7, 11) is 0. The van der Waals surface area contributed by atoms with Crippen LogP contribution in [-0.4, -0.2) is 28.1 Å². The summed E-state index contributed by atoms with van der Waals surface area (Å²) in [4.78, 5) is 23.7. The van der Waals surface area contributed by atoms with Crippen LogP contribution < -0.4 is 10.1 Å². The molecule has 6 nitrogen and oxygen atoms in total. The number of carboxylic acid groups (broad SMARTS) is 1. The van der Waals surface area contributed by atoms with Crippen LogP contribution in [0, 0.1) is 12.8 Å². The summed E-state index contributed by atoms with van der Waals surface area (Å²) in [5.41, 5.74) is 1.91. The van der Waals surface area contributed by atoms with Gasteiger partial charge < -0.3 is 20.3 Å². The van der Waals surface area contributed by atoms with Crippen LogP contribution in [0.2, 0.25) is 0 Å². The minimum atomic E-state index is -1.04. The molecule has 0 saturated carbocycles. The smallest absolute Gasteiger partial charge is 0.326 e. The molecule has 2 aromatic carbocycles. The van der Waals surface area contributed by atoms with E-state index in [1.54, 1.807) is 56.3 Å². The predicted molar refractivity (Wildman–Crippen MR) is 102 cm³/mol. The van der Waals surface area contributed by atoms with Crippen LogP contribution >= 0.6 is 0 Å². The molecule has 0 aliphatic carbocycles. The fourth-order valence-electron chi connectivity index (χ4n) is 2.58. The Balaban J connectivity index is 2.00. The molecule has 1 unspecified atom stereocenters. The average molecular weight is 371 g/mol. The number of carboxylic acids is 1. The lowest BCUT2D eigenvalue weighted by Crippen LogP contribution is -2.45. The number of amides is 1. The van der Waals surface area contributed by atoms with Crippen molar-refractivity contribution in [1.82, 2.24) is 5.32 Å². The maximum atomic E-state index is 12.3. The first-order valence-electron chi connectivity index (χ1n) is 8.87. The van der Waals surface area contributed by atoms with Crippen LogP contribution in [-0.2, 0) is 11.4 Å². The molecule has 1 amide bonds. The second-order valence-electron chi connectivity index (χ2n) is 6.56. The van der Waals surface area contributed by atoms with Crippen molar-refractivity contribution in [3.05, 3.63) is 59.2 Å². The van der Waals surface area contributed by atoms with Gasteiger partial charge in [-0.2, -0.15) is 0 Å². The monoisotopic (exact) mass is 371 g/mol. The van der Waals surface area contributed by atoms with Gasteiger partial charge in [0.05, 0.1) is 0 Å². The summed E-state index contributed by atoms with van der Waals surface area (Å²) in [6.07, 6.45) is 0.655. The molecule has 0 aliphatic rings. The van der Waals surface area contributed by atoms with Crippen molar-refractivity contribution in [3.8, 4) is 11.5 Å². The minimum absolute atomic E-state index is 0.162. The Hall–Kier alpha value is -3.02. The van der Waals surface area contributed by atoms with Gasteiger partial charge in [-0.15, -0.1) is 0 Å². The number of phenols is 1. The average Bonchev–Trinajstić information content (AvgIpc) is 2.66. The Morgan fingerprint density at radius 3 is 2.41 bits per heavy atom. The highest BCUT2D eigenvalue weighted by Crippen LogP contribution is 2.26. The summed E-state index contributed by atoms with van der Waals surface area (Å²) in [6.45, 7) is 5.74. The van der Waals surface area contributed by atoms with Gasteiger partial charge in [0.25, 0.3) is 5.91 Å². The zero-order valence-electron chi connectivity index (χ0n) is 15.7. The van der Waals surface area contributed by atoms with Crippen LogP contribution in [0.15, 0.2) is 42.5 Å². The van der Waals surface area contributed by atoms with Crippen molar-refractivity contribution >= 4 is 11.9 Å². The van der Waals surface area contributed by atoms with Gasteiger partial charge in [-0.05, 0) is 42.7 Å². The quantitative estimate of drug-likeness (QED) is 0.660. The van der Waals surface area contributed by atoms with E-state index in [1.165, 1.54) is 0 Å². The van der Waals surface area contributed by atoms with E-state index in [1.807, 2.05) is 6.92 Å². The Morgan fingerprint density at radius 2 is 1.81 bits per heavy atom. The molecule has 0 spiro atoms. The third-order valence-corrected chi connectivity index (χ3v) is 4.63. The van der Waals surface area contributed by atoms with Gasteiger partial charge >= 0.3 is 5.97 Å². The molecule has 3 N–H and O–H groups in total. The van der Waals surface area contributed by atoms with Crippen molar-refractivity contribution in [2.75, 3.05) is 0 Å². The largest absolute Gasteiger partial charge is 0.508 e. The molecule has 6 heteroatoms. The number of hydrogen-bond acceptors (Lipinski definition) is 4. The van der Waals surface area contributed by atoms with Gasteiger partial charge in [-0.25, -0.2) is 4.79 Å². The summed E-state index contributed by atoms with van der Waals surface area (Å²) in [5.74, 6) is -0.851. The number of benzene rings is 2. The molecule has 0 aromatic heterocycles. The van der Waals surface area contributed by atoms with E-state index in [-0.39, 0.29) is 18.3 Å². The van der Waals surface area contributed by atoms with E-state index in [4.69, 9.17) is 4.74 Å². The summed E-state index contributed by atoms with van der Waals surface area (Å²) in [5, 5.41) is 21.6. The number of carbonyl (C=O) groups is 2. The van der Waals surface area contributed by atoms with Crippen molar-refractivity contribution in [1.29, 1.82) is 0 Å². The molecular formula is C21H25NO5. The number of nitrogens with one attached hydrogen (secondary N) is 1. The number of ether oxygens (including phenoxy) is 1. The number of hydrogen-bond donors (Lipinski definition) is 3. The third-order valence-electron chi connectivity index (χ3n) is 4.63. The van der Waals surface area contributed by atoms with Gasteiger partial charge in [0.15, 0.2) is 0 Å². The van der Waals surface area contributed by atoms with Crippen LogP contribution in [0.3, 0.4) is 0 Å². The Kier molecular flexibility index (Phi) is 6.82. The molecule has 0 saturated heterocycles. The third kappa shape index (κ3) is 5.23. The molecule has 0 fully saturated rings. The Bertz CT molecular complexity index is 801. The molecule has 0 bridgehead atoms. The van der Waals surface area contributed by atoms with Crippen LogP contribution in [0.1, 0.15) is 41.8 Å². The maximum Gasteiger partial charge on any atom is 0.326 e. The first-order valence-corrected chi connectivity index (χ1v) is 8.87. The molecule has 27 heavy (non-hydrogen) atoms. The summed E-state index contributed by atoms with van der Waals surface area (Å²) in [6, 6.07) is 11.0. The number of carbonyl (C=O) groups excluding carboxylic acids is 1. The number of phenolic OH excluding ortho intramolecular Hbond substituents is 1. The molecular weight excluding hydrogens is 346 g/mol. The topological polar surface area (TPSA) is 95.9 Å². The van der Waals surface area contributed by atoms with Crippen LogP contribution in [0.4, 0.5) is 0 Å². The second kappa shape index (κ2) is 9.07. The van der Waals surface area contributed by atoms with Gasteiger partial charge in [-0.1, -0.05) is 38.5 Å². The normalized spacial score (nSPS) is 12.9. The lowest BCUT2D eigenvalue weighted by Gasteiger charge is -2.20. The number of aromatic hydroxyl groups is 1. The highest BCUT2D eigenvalue weighted by atomic mass is 16.5. The SMILES string of the molecule is CCC(C)[C@H](NC(=O)c1ccc(COc2cccc(O)c2C)cc1)C(=O)O. The zero-order chi connectivity index (χ0) is 20.0. The standard InChI is InChI=1S/C21H25NO5/c1-4-13(2)19(21(25)26)22-20(24)16-10-8-15(9-11-16)12-27-18-7-5-6-17(23)14(18)3/h5-11,13,19,23H,4,12H2,1-3H3,(H,22,24)(H,25,26)/t13?,19-/m0/s1. The van der Waals surface area contributed by atoms with Gasteiger partial charge in [0, 0.05) is 11.1 Å².